The molecule has 2 aliphatic rings. The molecule has 2 aliphatic heterocycles. The summed E-state index contributed by atoms with van der Waals surface area (Å²) in [6.45, 7) is 5.05. The molecular formula is C17H26N2O2. The van der Waals surface area contributed by atoms with E-state index in [0.29, 0.717) is 11.5 Å². The highest BCUT2D eigenvalue weighted by molar-refractivity contribution is 5.27. The van der Waals surface area contributed by atoms with E-state index in [1.165, 1.54) is 18.4 Å². The molecule has 1 atom stereocenters. The number of ether oxygens (including phenoxy) is 2. The Balaban J connectivity index is 1.50. The topological polar surface area (TPSA) is 42.5 Å². The van der Waals surface area contributed by atoms with Crippen molar-refractivity contribution < 1.29 is 9.47 Å². The lowest BCUT2D eigenvalue weighted by Crippen LogP contribution is -2.50. The van der Waals surface area contributed by atoms with E-state index < -0.39 is 0 Å². The van der Waals surface area contributed by atoms with Crippen LogP contribution in [0.15, 0.2) is 24.3 Å². The average Bonchev–Trinajstić information content (AvgIpc) is 2.91. The Morgan fingerprint density at radius 3 is 2.76 bits per heavy atom. The maximum absolute atomic E-state index is 5.78. The van der Waals surface area contributed by atoms with Crippen molar-refractivity contribution in [2.75, 3.05) is 40.0 Å². The third kappa shape index (κ3) is 3.39. The molecule has 21 heavy (non-hydrogen) atoms. The Morgan fingerprint density at radius 1 is 1.29 bits per heavy atom. The third-order valence-corrected chi connectivity index (χ3v) is 4.98. The monoisotopic (exact) mass is 290 g/mol. The van der Waals surface area contributed by atoms with E-state index in [4.69, 9.17) is 9.47 Å². The van der Waals surface area contributed by atoms with Gasteiger partial charge in [-0.2, -0.15) is 0 Å². The van der Waals surface area contributed by atoms with E-state index in [1.807, 2.05) is 12.1 Å². The van der Waals surface area contributed by atoms with Crippen LogP contribution in [-0.4, -0.2) is 46.0 Å². The van der Waals surface area contributed by atoms with Gasteiger partial charge >= 0.3 is 0 Å². The van der Waals surface area contributed by atoms with Crippen molar-refractivity contribution in [1.29, 1.82) is 0 Å². The molecule has 0 radical (unpaired) electrons. The fourth-order valence-corrected chi connectivity index (χ4v) is 3.53. The number of benzene rings is 1. The molecule has 2 N–H and O–H groups in total. The lowest BCUT2D eigenvalue weighted by molar-refractivity contribution is 0.123. The first-order valence-electron chi connectivity index (χ1n) is 7.97. The van der Waals surface area contributed by atoms with E-state index in [-0.39, 0.29) is 0 Å². The molecule has 3 rings (SSSR count). The molecular weight excluding hydrogens is 264 g/mol. The molecule has 1 aromatic carbocycles. The van der Waals surface area contributed by atoms with Crippen LogP contribution in [0.5, 0.6) is 5.75 Å². The van der Waals surface area contributed by atoms with Gasteiger partial charge in [0.1, 0.15) is 5.75 Å². The minimum atomic E-state index is 0.366. The molecule has 0 aromatic heterocycles. The number of methoxy groups -OCH3 is 1. The summed E-state index contributed by atoms with van der Waals surface area (Å²) in [6.07, 6.45) is 3.51. The smallest absolute Gasteiger partial charge is 0.118 e. The number of hydrogen-bond donors (Lipinski definition) is 2. The number of hydrogen-bond acceptors (Lipinski definition) is 4. The van der Waals surface area contributed by atoms with Crippen molar-refractivity contribution in [3.05, 3.63) is 29.8 Å². The van der Waals surface area contributed by atoms with Gasteiger partial charge in [0.25, 0.3) is 0 Å². The summed E-state index contributed by atoms with van der Waals surface area (Å²) < 4.78 is 11.0. The Kier molecular flexibility index (Phi) is 4.78. The van der Waals surface area contributed by atoms with Gasteiger partial charge in [0.15, 0.2) is 0 Å². The quantitative estimate of drug-likeness (QED) is 0.864. The van der Waals surface area contributed by atoms with Gasteiger partial charge in [0.2, 0.25) is 0 Å². The molecule has 0 amide bonds. The minimum absolute atomic E-state index is 0.366. The minimum Gasteiger partial charge on any atom is -0.497 e. The van der Waals surface area contributed by atoms with Crippen LogP contribution in [-0.2, 0) is 11.2 Å². The van der Waals surface area contributed by atoms with Crippen LogP contribution >= 0.6 is 0 Å². The van der Waals surface area contributed by atoms with Gasteiger partial charge in [-0.25, -0.2) is 0 Å². The van der Waals surface area contributed by atoms with Crippen LogP contribution in [0.25, 0.3) is 0 Å². The maximum atomic E-state index is 5.78. The summed E-state index contributed by atoms with van der Waals surface area (Å²) in [5.74, 6) is 0.921. The SMILES string of the molecule is COc1ccc(CCN[C@H]2COCC23CCNCC3)cc1. The molecule has 2 fully saturated rings. The zero-order valence-electron chi connectivity index (χ0n) is 12.9. The second-order valence-electron chi connectivity index (χ2n) is 6.23. The number of nitrogens with one attached hydrogen (secondary N) is 2. The zero-order valence-corrected chi connectivity index (χ0v) is 12.9. The number of rotatable bonds is 5. The molecule has 2 heterocycles. The Hall–Kier alpha value is -1.10. The summed E-state index contributed by atoms with van der Waals surface area (Å²) in [7, 11) is 1.70. The predicted molar refractivity (Wildman–Crippen MR) is 83.8 cm³/mol. The van der Waals surface area contributed by atoms with E-state index in [1.54, 1.807) is 7.11 Å². The maximum Gasteiger partial charge on any atom is 0.118 e. The molecule has 2 saturated heterocycles. The largest absolute Gasteiger partial charge is 0.497 e. The van der Waals surface area contributed by atoms with Gasteiger partial charge in [0, 0.05) is 11.5 Å². The van der Waals surface area contributed by atoms with Crippen LogP contribution in [0.3, 0.4) is 0 Å². The Labute approximate surface area is 127 Å². The molecule has 0 aliphatic carbocycles. The van der Waals surface area contributed by atoms with E-state index in [9.17, 15) is 0 Å². The lowest BCUT2D eigenvalue weighted by atomic mass is 9.75. The predicted octanol–water partition coefficient (Wildman–Crippen LogP) is 1.60. The van der Waals surface area contributed by atoms with Crippen molar-refractivity contribution in [2.45, 2.75) is 25.3 Å². The van der Waals surface area contributed by atoms with E-state index >= 15 is 0 Å². The summed E-state index contributed by atoms with van der Waals surface area (Å²) >= 11 is 0. The van der Waals surface area contributed by atoms with Gasteiger partial charge in [-0.3, -0.25) is 0 Å². The van der Waals surface area contributed by atoms with Crippen LogP contribution in [0.4, 0.5) is 0 Å². The van der Waals surface area contributed by atoms with E-state index in [0.717, 1.165) is 45.0 Å². The third-order valence-electron chi connectivity index (χ3n) is 4.98. The Morgan fingerprint density at radius 2 is 2.05 bits per heavy atom. The van der Waals surface area contributed by atoms with Crippen LogP contribution in [0.2, 0.25) is 0 Å². The van der Waals surface area contributed by atoms with Crippen LogP contribution in [0, 0.1) is 5.41 Å². The van der Waals surface area contributed by atoms with Crippen molar-refractivity contribution >= 4 is 0 Å². The molecule has 4 heteroatoms. The first kappa shape index (κ1) is 14.8. The normalized spacial score (nSPS) is 24.3. The molecule has 4 nitrogen and oxygen atoms in total. The van der Waals surface area contributed by atoms with Crippen LogP contribution < -0.4 is 15.4 Å². The number of piperidine rings is 1. The molecule has 0 bridgehead atoms. The highest BCUT2D eigenvalue weighted by Gasteiger charge is 2.44. The van der Waals surface area contributed by atoms with Crippen molar-refractivity contribution in [3.63, 3.8) is 0 Å². The van der Waals surface area contributed by atoms with Gasteiger partial charge in [0.05, 0.1) is 20.3 Å². The summed E-state index contributed by atoms with van der Waals surface area (Å²) in [6, 6.07) is 8.86. The molecule has 116 valence electrons. The standard InChI is InChI=1S/C17H26N2O2/c1-20-15-4-2-14(3-5-15)6-9-19-16-12-21-13-17(16)7-10-18-11-8-17/h2-5,16,18-19H,6-13H2,1H3/t16-/m0/s1. The van der Waals surface area contributed by atoms with Crippen molar-refractivity contribution in [1.82, 2.24) is 10.6 Å². The highest BCUT2D eigenvalue weighted by Crippen LogP contribution is 2.37. The summed E-state index contributed by atoms with van der Waals surface area (Å²) in [4.78, 5) is 0. The van der Waals surface area contributed by atoms with Gasteiger partial charge in [-0.15, -0.1) is 0 Å². The van der Waals surface area contributed by atoms with Crippen molar-refractivity contribution in [3.8, 4) is 5.75 Å². The summed E-state index contributed by atoms with van der Waals surface area (Å²) in [5, 5.41) is 7.19. The van der Waals surface area contributed by atoms with Gasteiger partial charge < -0.3 is 20.1 Å². The van der Waals surface area contributed by atoms with Crippen molar-refractivity contribution in [2.24, 2.45) is 5.41 Å². The van der Waals surface area contributed by atoms with Gasteiger partial charge in [-0.05, 0) is 56.6 Å². The van der Waals surface area contributed by atoms with Crippen LogP contribution in [0.1, 0.15) is 18.4 Å². The fourth-order valence-electron chi connectivity index (χ4n) is 3.53. The van der Waals surface area contributed by atoms with Gasteiger partial charge in [-0.1, -0.05) is 12.1 Å². The second-order valence-corrected chi connectivity index (χ2v) is 6.23. The fraction of sp³-hybridized carbons (Fsp3) is 0.647. The lowest BCUT2D eigenvalue weighted by Gasteiger charge is -2.38. The average molecular weight is 290 g/mol. The molecule has 1 spiro atoms. The van der Waals surface area contributed by atoms with E-state index in [2.05, 4.69) is 22.8 Å². The first-order valence-corrected chi connectivity index (χ1v) is 7.97. The highest BCUT2D eigenvalue weighted by atomic mass is 16.5. The summed E-state index contributed by atoms with van der Waals surface area (Å²) in [5.41, 5.74) is 1.71. The molecule has 0 unspecified atom stereocenters. The molecule has 1 aromatic rings. The zero-order chi connectivity index (χ0) is 14.5. The first-order chi connectivity index (χ1) is 10.3. The second kappa shape index (κ2) is 6.77. The Bertz CT molecular complexity index is 441. The molecule has 0 saturated carbocycles.